The maximum Gasteiger partial charge on any atom is 0.123 e. The van der Waals surface area contributed by atoms with Crippen LogP contribution in [0.5, 0.6) is 0 Å². The van der Waals surface area contributed by atoms with Crippen molar-refractivity contribution < 1.29 is 4.39 Å². The molecule has 82 valence electrons. The highest BCUT2D eigenvalue weighted by Gasteiger charge is 2.29. The summed E-state index contributed by atoms with van der Waals surface area (Å²) < 4.78 is 12.7. The van der Waals surface area contributed by atoms with Crippen molar-refractivity contribution in [2.75, 3.05) is 6.54 Å². The monoisotopic (exact) mass is 207 g/mol. The van der Waals surface area contributed by atoms with Gasteiger partial charge in [0.15, 0.2) is 0 Å². The topological polar surface area (TPSA) is 12.0 Å². The van der Waals surface area contributed by atoms with Crippen LogP contribution in [-0.4, -0.2) is 12.6 Å². The standard InChI is InChI=1S/C13H18FN/c1-2-7-15-13-8-11(9-13)10-3-5-12(14)6-4-10/h3-6,11,13,15H,2,7-9H2,1H3. The van der Waals surface area contributed by atoms with E-state index in [4.69, 9.17) is 0 Å². The first-order chi connectivity index (χ1) is 7.29. The fourth-order valence-corrected chi connectivity index (χ4v) is 2.14. The summed E-state index contributed by atoms with van der Waals surface area (Å²) in [4.78, 5) is 0. The van der Waals surface area contributed by atoms with Gasteiger partial charge in [-0.1, -0.05) is 19.1 Å². The molecule has 0 amide bonds. The molecular formula is C13H18FN. The summed E-state index contributed by atoms with van der Waals surface area (Å²) in [5.41, 5.74) is 1.28. The Morgan fingerprint density at radius 1 is 1.27 bits per heavy atom. The lowest BCUT2D eigenvalue weighted by Crippen LogP contribution is -2.40. The number of benzene rings is 1. The second-order valence-corrected chi connectivity index (χ2v) is 4.37. The van der Waals surface area contributed by atoms with Crippen LogP contribution in [0.15, 0.2) is 24.3 Å². The molecule has 0 aromatic heterocycles. The maximum atomic E-state index is 12.7. The van der Waals surface area contributed by atoms with Crippen LogP contribution in [-0.2, 0) is 0 Å². The Hall–Kier alpha value is -0.890. The van der Waals surface area contributed by atoms with E-state index in [9.17, 15) is 4.39 Å². The lowest BCUT2D eigenvalue weighted by atomic mass is 9.76. The van der Waals surface area contributed by atoms with Crippen LogP contribution in [0.3, 0.4) is 0 Å². The summed E-state index contributed by atoms with van der Waals surface area (Å²) >= 11 is 0. The Labute approximate surface area is 90.7 Å². The molecular weight excluding hydrogens is 189 g/mol. The molecule has 2 rings (SSSR count). The fraction of sp³-hybridized carbons (Fsp3) is 0.538. The number of hydrogen-bond donors (Lipinski definition) is 1. The van der Waals surface area contributed by atoms with E-state index >= 15 is 0 Å². The molecule has 0 spiro atoms. The summed E-state index contributed by atoms with van der Waals surface area (Å²) in [7, 11) is 0. The molecule has 15 heavy (non-hydrogen) atoms. The number of halogens is 1. The third kappa shape index (κ3) is 2.57. The van der Waals surface area contributed by atoms with E-state index in [1.54, 1.807) is 12.1 Å². The number of hydrogen-bond acceptors (Lipinski definition) is 1. The van der Waals surface area contributed by atoms with E-state index in [0.29, 0.717) is 12.0 Å². The Morgan fingerprint density at radius 3 is 2.53 bits per heavy atom. The summed E-state index contributed by atoms with van der Waals surface area (Å²) in [6.07, 6.45) is 3.59. The van der Waals surface area contributed by atoms with Gasteiger partial charge in [-0.3, -0.25) is 0 Å². The van der Waals surface area contributed by atoms with Crippen molar-refractivity contribution in [3.05, 3.63) is 35.6 Å². The molecule has 1 N–H and O–H groups in total. The van der Waals surface area contributed by atoms with Gasteiger partial charge in [0.25, 0.3) is 0 Å². The molecule has 1 nitrogen and oxygen atoms in total. The highest BCUT2D eigenvalue weighted by atomic mass is 19.1. The zero-order valence-electron chi connectivity index (χ0n) is 9.17. The van der Waals surface area contributed by atoms with Crippen LogP contribution in [0.2, 0.25) is 0 Å². The Morgan fingerprint density at radius 2 is 1.93 bits per heavy atom. The molecule has 0 atom stereocenters. The molecule has 1 fully saturated rings. The summed E-state index contributed by atoms with van der Waals surface area (Å²) in [5, 5.41) is 3.51. The van der Waals surface area contributed by atoms with E-state index in [1.807, 2.05) is 12.1 Å². The van der Waals surface area contributed by atoms with Gasteiger partial charge in [0.2, 0.25) is 0 Å². The quantitative estimate of drug-likeness (QED) is 0.800. The highest BCUT2D eigenvalue weighted by molar-refractivity contribution is 5.23. The minimum atomic E-state index is -0.140. The molecule has 0 radical (unpaired) electrons. The van der Waals surface area contributed by atoms with Gasteiger partial charge in [-0.25, -0.2) is 4.39 Å². The maximum absolute atomic E-state index is 12.7. The summed E-state index contributed by atoms with van der Waals surface area (Å²) in [6.45, 7) is 3.30. The van der Waals surface area contributed by atoms with E-state index in [1.165, 1.54) is 24.8 Å². The largest absolute Gasteiger partial charge is 0.314 e. The van der Waals surface area contributed by atoms with Crippen LogP contribution in [0.1, 0.15) is 37.7 Å². The van der Waals surface area contributed by atoms with Gasteiger partial charge in [0.05, 0.1) is 0 Å². The normalized spacial score (nSPS) is 24.9. The second kappa shape index (κ2) is 4.75. The molecule has 0 unspecified atom stereocenters. The second-order valence-electron chi connectivity index (χ2n) is 4.37. The van der Waals surface area contributed by atoms with Crippen LogP contribution in [0, 0.1) is 5.82 Å². The number of rotatable bonds is 4. The minimum absolute atomic E-state index is 0.140. The van der Waals surface area contributed by atoms with Crippen molar-refractivity contribution >= 4 is 0 Å². The molecule has 1 saturated carbocycles. The van der Waals surface area contributed by atoms with Gasteiger partial charge in [0, 0.05) is 6.04 Å². The van der Waals surface area contributed by atoms with Gasteiger partial charge in [0.1, 0.15) is 5.82 Å². The molecule has 0 heterocycles. The smallest absolute Gasteiger partial charge is 0.123 e. The van der Waals surface area contributed by atoms with Crippen LogP contribution < -0.4 is 5.32 Å². The third-order valence-corrected chi connectivity index (χ3v) is 3.16. The first-order valence-electron chi connectivity index (χ1n) is 5.78. The molecule has 1 aliphatic carbocycles. The predicted molar refractivity (Wildman–Crippen MR) is 60.5 cm³/mol. The third-order valence-electron chi connectivity index (χ3n) is 3.16. The van der Waals surface area contributed by atoms with Gasteiger partial charge in [-0.15, -0.1) is 0 Å². The zero-order valence-corrected chi connectivity index (χ0v) is 9.17. The summed E-state index contributed by atoms with van der Waals surface area (Å²) in [6, 6.07) is 7.62. The van der Waals surface area contributed by atoms with Crippen LogP contribution in [0.4, 0.5) is 4.39 Å². The van der Waals surface area contributed by atoms with Crippen molar-refractivity contribution in [2.24, 2.45) is 0 Å². The fourth-order valence-electron chi connectivity index (χ4n) is 2.14. The predicted octanol–water partition coefficient (Wildman–Crippen LogP) is 3.07. The van der Waals surface area contributed by atoms with Gasteiger partial charge < -0.3 is 5.32 Å². The summed E-state index contributed by atoms with van der Waals surface area (Å²) in [5.74, 6) is 0.499. The van der Waals surface area contributed by atoms with Gasteiger partial charge >= 0.3 is 0 Å². The molecule has 2 heteroatoms. The highest BCUT2D eigenvalue weighted by Crippen LogP contribution is 2.36. The van der Waals surface area contributed by atoms with Gasteiger partial charge in [-0.05, 0) is 49.4 Å². The average molecular weight is 207 g/mol. The van der Waals surface area contributed by atoms with E-state index < -0.39 is 0 Å². The van der Waals surface area contributed by atoms with Crippen LogP contribution in [0.25, 0.3) is 0 Å². The lowest BCUT2D eigenvalue weighted by molar-refractivity contribution is 0.292. The average Bonchev–Trinajstić information content (AvgIpc) is 2.18. The Bertz CT molecular complexity index is 301. The van der Waals surface area contributed by atoms with Crippen molar-refractivity contribution in [2.45, 2.75) is 38.1 Å². The Balaban J connectivity index is 1.81. The molecule has 0 aliphatic heterocycles. The van der Waals surface area contributed by atoms with Crippen molar-refractivity contribution in [3.8, 4) is 0 Å². The van der Waals surface area contributed by atoms with E-state index in [0.717, 1.165) is 6.54 Å². The lowest BCUT2D eigenvalue weighted by Gasteiger charge is -2.36. The SMILES string of the molecule is CCCNC1CC(c2ccc(F)cc2)C1. The van der Waals surface area contributed by atoms with E-state index in [2.05, 4.69) is 12.2 Å². The van der Waals surface area contributed by atoms with Crippen molar-refractivity contribution in [1.82, 2.24) is 5.32 Å². The van der Waals surface area contributed by atoms with Crippen molar-refractivity contribution in [3.63, 3.8) is 0 Å². The molecule has 0 bridgehead atoms. The Kier molecular flexibility index (Phi) is 3.37. The zero-order chi connectivity index (χ0) is 10.7. The minimum Gasteiger partial charge on any atom is -0.314 e. The molecule has 1 aromatic carbocycles. The molecule has 1 aliphatic rings. The van der Waals surface area contributed by atoms with Crippen LogP contribution >= 0.6 is 0 Å². The first-order valence-corrected chi connectivity index (χ1v) is 5.78. The first kappa shape index (κ1) is 10.6. The molecule has 1 aromatic rings. The van der Waals surface area contributed by atoms with Gasteiger partial charge in [-0.2, -0.15) is 0 Å². The van der Waals surface area contributed by atoms with Crippen molar-refractivity contribution in [1.29, 1.82) is 0 Å². The van der Waals surface area contributed by atoms with E-state index in [-0.39, 0.29) is 5.82 Å². The molecule has 0 saturated heterocycles. The number of nitrogens with one attached hydrogen (secondary N) is 1.